The van der Waals surface area contributed by atoms with Crippen molar-refractivity contribution < 1.29 is 40.6 Å². The maximum absolute atomic E-state index is 15.0. The van der Waals surface area contributed by atoms with Crippen LogP contribution in [0.25, 0.3) is 0 Å². The maximum atomic E-state index is 15.0. The van der Waals surface area contributed by atoms with E-state index in [9.17, 15) is 26.7 Å². The molecule has 1 aliphatic carbocycles. The van der Waals surface area contributed by atoms with Crippen LogP contribution in [0.5, 0.6) is 11.5 Å². The van der Waals surface area contributed by atoms with Crippen LogP contribution in [0.2, 0.25) is 0 Å². The molecule has 0 aromatic heterocycles. The van der Waals surface area contributed by atoms with Crippen molar-refractivity contribution in [2.75, 3.05) is 6.61 Å². The lowest BCUT2D eigenvalue weighted by Gasteiger charge is -2.29. The summed E-state index contributed by atoms with van der Waals surface area (Å²) in [5.41, 5.74) is -0.248. The van der Waals surface area contributed by atoms with Gasteiger partial charge >= 0.3 is 5.97 Å². The van der Waals surface area contributed by atoms with E-state index in [0.29, 0.717) is 32.1 Å². The molecule has 1 saturated carbocycles. The number of ether oxygens (including phenoxy) is 2. The molecule has 0 radical (unpaired) electrons. The zero-order valence-corrected chi connectivity index (χ0v) is 21.6. The molecule has 4 rings (SSSR count). The highest BCUT2D eigenvalue weighted by Gasteiger charge is 2.30. The van der Waals surface area contributed by atoms with E-state index in [4.69, 9.17) is 9.47 Å². The molecule has 0 heterocycles. The zero-order valence-electron chi connectivity index (χ0n) is 21.6. The van der Waals surface area contributed by atoms with Crippen molar-refractivity contribution in [3.63, 3.8) is 0 Å². The first kappa shape index (κ1) is 28.5. The average Bonchev–Trinajstić information content (AvgIpc) is 2.93. The first-order valence-corrected chi connectivity index (χ1v) is 12.9. The van der Waals surface area contributed by atoms with Gasteiger partial charge in [-0.15, -0.1) is 0 Å². The largest absolute Gasteiger partial charge is 0.490 e. The molecular formula is C30H28F6O3. The number of unbranched alkanes of at least 4 members (excludes halogenated alkanes) is 1. The normalized spacial score (nSPS) is 17.2. The molecule has 39 heavy (non-hydrogen) atoms. The number of carbonyl (C=O) groups is 1. The highest BCUT2D eigenvalue weighted by atomic mass is 19.2. The number of benzene rings is 3. The van der Waals surface area contributed by atoms with E-state index < -0.39 is 58.1 Å². The second-order valence-electron chi connectivity index (χ2n) is 9.76. The second kappa shape index (κ2) is 12.1. The molecule has 0 saturated heterocycles. The molecule has 1 fully saturated rings. The van der Waals surface area contributed by atoms with Crippen LogP contribution in [0.3, 0.4) is 0 Å². The molecule has 0 aliphatic heterocycles. The van der Waals surface area contributed by atoms with Crippen LogP contribution in [0, 0.1) is 41.8 Å². The van der Waals surface area contributed by atoms with Crippen molar-refractivity contribution in [3.8, 4) is 11.5 Å². The van der Waals surface area contributed by atoms with Crippen LogP contribution in [-0.2, 0) is 0 Å². The Kier molecular flexibility index (Phi) is 8.87. The van der Waals surface area contributed by atoms with E-state index in [2.05, 4.69) is 0 Å². The van der Waals surface area contributed by atoms with E-state index in [1.165, 1.54) is 19.1 Å². The molecule has 0 N–H and O–H groups in total. The minimum absolute atomic E-state index is 0.0452. The third-order valence-corrected chi connectivity index (χ3v) is 7.21. The van der Waals surface area contributed by atoms with Crippen LogP contribution in [0.1, 0.15) is 84.3 Å². The Morgan fingerprint density at radius 2 is 1.26 bits per heavy atom. The molecule has 0 unspecified atom stereocenters. The molecule has 0 atom stereocenters. The third kappa shape index (κ3) is 5.92. The summed E-state index contributed by atoms with van der Waals surface area (Å²) in [6, 6.07) is 7.43. The molecule has 0 amide bonds. The maximum Gasteiger partial charge on any atom is 0.346 e. The summed E-state index contributed by atoms with van der Waals surface area (Å²) < 4.78 is 97.0. The highest BCUT2D eigenvalue weighted by molar-refractivity contribution is 5.91. The predicted molar refractivity (Wildman–Crippen MR) is 133 cm³/mol. The van der Waals surface area contributed by atoms with Gasteiger partial charge in [-0.25, -0.2) is 22.4 Å². The first-order valence-electron chi connectivity index (χ1n) is 12.9. The summed E-state index contributed by atoms with van der Waals surface area (Å²) in [6.07, 6.45) is 3.10. The van der Waals surface area contributed by atoms with Gasteiger partial charge in [-0.1, -0.05) is 31.5 Å². The molecule has 9 heteroatoms. The van der Waals surface area contributed by atoms with Gasteiger partial charge in [0, 0.05) is 0 Å². The fraction of sp³-hybridized carbons (Fsp3) is 0.367. The lowest BCUT2D eigenvalue weighted by Crippen LogP contribution is -2.17. The van der Waals surface area contributed by atoms with E-state index in [-0.39, 0.29) is 35.0 Å². The Labute approximate surface area is 222 Å². The number of halogens is 6. The van der Waals surface area contributed by atoms with Gasteiger partial charge in [0.25, 0.3) is 0 Å². The lowest BCUT2D eigenvalue weighted by atomic mass is 9.75. The second-order valence-corrected chi connectivity index (χ2v) is 9.76. The smallest absolute Gasteiger partial charge is 0.346 e. The molecule has 1 aliphatic rings. The Bertz CT molecular complexity index is 1370. The fourth-order valence-corrected chi connectivity index (χ4v) is 4.91. The van der Waals surface area contributed by atoms with Crippen molar-refractivity contribution in [3.05, 3.63) is 93.6 Å². The number of hydrogen-bond donors (Lipinski definition) is 0. The minimum Gasteiger partial charge on any atom is -0.490 e. The number of rotatable bonds is 8. The Hall–Kier alpha value is -3.49. The number of hydrogen-bond acceptors (Lipinski definition) is 3. The van der Waals surface area contributed by atoms with Crippen LogP contribution in [0.15, 0.2) is 36.4 Å². The van der Waals surface area contributed by atoms with E-state index in [1.54, 1.807) is 6.07 Å². The predicted octanol–water partition coefficient (Wildman–Crippen LogP) is 8.67. The summed E-state index contributed by atoms with van der Waals surface area (Å²) >= 11 is 0. The van der Waals surface area contributed by atoms with Gasteiger partial charge in [-0.2, -0.15) is 8.78 Å². The van der Waals surface area contributed by atoms with Crippen molar-refractivity contribution in [2.24, 2.45) is 0 Å². The summed E-state index contributed by atoms with van der Waals surface area (Å²) in [4.78, 5) is 12.5. The topological polar surface area (TPSA) is 35.5 Å². The zero-order chi connectivity index (χ0) is 28.3. The van der Waals surface area contributed by atoms with E-state index >= 15 is 4.39 Å². The Balaban J connectivity index is 1.45. The van der Waals surface area contributed by atoms with Crippen molar-refractivity contribution in [2.45, 2.75) is 64.2 Å². The van der Waals surface area contributed by atoms with Gasteiger partial charge in [-0.3, -0.25) is 0 Å². The standard InChI is InChI=1S/C30H28F6O3/c1-3-4-15-38-22-13-14-23(29(36)28(22)35)39-30(37)21-12-11-20(26(33)27(21)34)18-8-6-17(7-9-18)19-10-5-16(2)24(31)25(19)32/h5,10-14,17-18H,3-4,6-9,15H2,1-2H3. The van der Waals surface area contributed by atoms with Crippen molar-refractivity contribution >= 4 is 5.97 Å². The van der Waals surface area contributed by atoms with Gasteiger partial charge in [0.2, 0.25) is 11.6 Å². The molecule has 3 aromatic rings. The number of esters is 1. The van der Waals surface area contributed by atoms with Crippen LogP contribution in [0.4, 0.5) is 26.3 Å². The summed E-state index contributed by atoms with van der Waals surface area (Å²) in [5.74, 6) is -10.5. The van der Waals surface area contributed by atoms with Gasteiger partial charge in [-0.05, 0) is 85.8 Å². The van der Waals surface area contributed by atoms with Gasteiger partial charge in [0.15, 0.2) is 34.8 Å². The molecule has 208 valence electrons. The lowest BCUT2D eigenvalue weighted by molar-refractivity contribution is 0.0720. The Morgan fingerprint density at radius 1 is 0.718 bits per heavy atom. The molecule has 0 bridgehead atoms. The molecule has 0 spiro atoms. The van der Waals surface area contributed by atoms with Gasteiger partial charge < -0.3 is 9.47 Å². The van der Waals surface area contributed by atoms with Crippen molar-refractivity contribution in [1.82, 2.24) is 0 Å². The van der Waals surface area contributed by atoms with Crippen LogP contribution in [-0.4, -0.2) is 12.6 Å². The highest BCUT2D eigenvalue weighted by Crippen LogP contribution is 2.42. The number of aryl methyl sites for hydroxylation is 1. The third-order valence-electron chi connectivity index (χ3n) is 7.21. The van der Waals surface area contributed by atoms with E-state index in [0.717, 1.165) is 24.6 Å². The summed E-state index contributed by atoms with van der Waals surface area (Å²) in [5, 5.41) is 0. The Morgan fingerprint density at radius 3 is 1.87 bits per heavy atom. The SMILES string of the molecule is CCCCOc1ccc(OC(=O)c2ccc(C3CCC(c4ccc(C)c(F)c4F)CC3)c(F)c2F)c(F)c1F. The van der Waals surface area contributed by atoms with Gasteiger partial charge in [0.05, 0.1) is 12.2 Å². The monoisotopic (exact) mass is 550 g/mol. The minimum atomic E-state index is -1.49. The molecule has 3 nitrogen and oxygen atoms in total. The van der Waals surface area contributed by atoms with E-state index in [1.807, 2.05) is 6.92 Å². The molecular weight excluding hydrogens is 522 g/mol. The quantitative estimate of drug-likeness (QED) is 0.122. The summed E-state index contributed by atoms with van der Waals surface area (Å²) in [6.45, 7) is 3.55. The average molecular weight is 551 g/mol. The van der Waals surface area contributed by atoms with Crippen LogP contribution >= 0.6 is 0 Å². The van der Waals surface area contributed by atoms with Crippen molar-refractivity contribution in [1.29, 1.82) is 0 Å². The first-order chi connectivity index (χ1) is 18.6. The molecule has 3 aromatic carbocycles. The fourth-order valence-electron chi connectivity index (χ4n) is 4.91. The summed E-state index contributed by atoms with van der Waals surface area (Å²) in [7, 11) is 0. The number of carbonyl (C=O) groups excluding carboxylic acids is 1. The van der Waals surface area contributed by atoms with Gasteiger partial charge in [0.1, 0.15) is 0 Å². The van der Waals surface area contributed by atoms with Crippen LogP contribution < -0.4 is 9.47 Å².